The first kappa shape index (κ1) is 11.0. The predicted molar refractivity (Wildman–Crippen MR) is 61.2 cm³/mol. The van der Waals surface area contributed by atoms with Gasteiger partial charge in [0, 0.05) is 6.42 Å². The molecule has 86 valence electrons. The summed E-state index contributed by atoms with van der Waals surface area (Å²) in [4.78, 5) is 4.22. The number of rotatable bonds is 5. The summed E-state index contributed by atoms with van der Waals surface area (Å²) in [6.45, 7) is 2.88. The van der Waals surface area contributed by atoms with E-state index in [2.05, 4.69) is 10.3 Å². The van der Waals surface area contributed by atoms with E-state index in [1.165, 1.54) is 0 Å². The molecule has 0 saturated carbocycles. The van der Waals surface area contributed by atoms with Crippen LogP contribution in [0.3, 0.4) is 0 Å². The number of hydrogen-bond acceptors (Lipinski definition) is 4. The Morgan fingerprint density at radius 3 is 2.81 bits per heavy atom. The van der Waals surface area contributed by atoms with Gasteiger partial charge in [-0.15, -0.1) is 0 Å². The van der Waals surface area contributed by atoms with E-state index in [-0.39, 0.29) is 0 Å². The van der Waals surface area contributed by atoms with Crippen LogP contribution in [0.5, 0.6) is 0 Å². The van der Waals surface area contributed by atoms with E-state index in [1.54, 1.807) is 6.20 Å². The average molecular weight is 220 g/mol. The molecule has 2 rings (SSSR count). The lowest BCUT2D eigenvalue weighted by Gasteiger charge is -1.95. The molecule has 0 bridgehead atoms. The quantitative estimate of drug-likeness (QED) is 0.786. The fourth-order valence-corrected chi connectivity index (χ4v) is 1.52. The fourth-order valence-electron chi connectivity index (χ4n) is 1.52. The van der Waals surface area contributed by atoms with Crippen LogP contribution in [0.1, 0.15) is 18.1 Å². The minimum absolute atomic E-state index is 0.701. The lowest BCUT2D eigenvalue weighted by Crippen LogP contribution is -2.08. The molecular weight excluding hydrogens is 204 g/mol. The lowest BCUT2D eigenvalue weighted by atomic mass is 10.3. The molecule has 0 unspecified atom stereocenters. The zero-order valence-electron chi connectivity index (χ0n) is 9.62. The monoisotopic (exact) mass is 220 g/mol. The molecule has 0 radical (unpaired) electrons. The van der Waals surface area contributed by atoms with Crippen LogP contribution in [0.4, 0.5) is 0 Å². The van der Waals surface area contributed by atoms with Crippen LogP contribution in [-0.4, -0.2) is 18.6 Å². The third-order valence-corrected chi connectivity index (χ3v) is 2.35. The van der Waals surface area contributed by atoms with Gasteiger partial charge in [0.15, 0.2) is 17.4 Å². The van der Waals surface area contributed by atoms with Gasteiger partial charge in [0.1, 0.15) is 5.76 Å². The molecule has 1 N–H and O–H groups in total. The molecule has 16 heavy (non-hydrogen) atoms. The third kappa shape index (κ3) is 2.52. The van der Waals surface area contributed by atoms with Crippen molar-refractivity contribution in [3.05, 3.63) is 30.0 Å². The molecule has 4 heteroatoms. The molecule has 0 fully saturated rings. The van der Waals surface area contributed by atoms with Crippen molar-refractivity contribution >= 4 is 0 Å². The van der Waals surface area contributed by atoms with Gasteiger partial charge in [-0.3, -0.25) is 0 Å². The second-order valence-corrected chi connectivity index (χ2v) is 3.74. The molecule has 0 aromatic carbocycles. The van der Waals surface area contributed by atoms with E-state index in [0.29, 0.717) is 5.76 Å². The largest absolute Gasteiger partial charge is 0.458 e. The SMILES string of the molecule is CNCCCc1ncc(-c2ccc(C)o2)o1. The average Bonchev–Trinajstić information content (AvgIpc) is 2.87. The summed E-state index contributed by atoms with van der Waals surface area (Å²) >= 11 is 0. The van der Waals surface area contributed by atoms with Crippen molar-refractivity contribution < 1.29 is 8.83 Å². The summed E-state index contributed by atoms with van der Waals surface area (Å²) in [6, 6.07) is 3.81. The van der Waals surface area contributed by atoms with Gasteiger partial charge in [-0.1, -0.05) is 0 Å². The normalized spacial score (nSPS) is 10.9. The lowest BCUT2D eigenvalue weighted by molar-refractivity contribution is 0.468. The standard InChI is InChI=1S/C12H16N2O2/c1-9-5-6-10(15-9)11-8-14-12(16-11)4-3-7-13-2/h5-6,8,13H,3-4,7H2,1-2H3. The summed E-state index contributed by atoms with van der Waals surface area (Å²) in [5.41, 5.74) is 0. The molecule has 0 aliphatic carbocycles. The Hall–Kier alpha value is -1.55. The van der Waals surface area contributed by atoms with Crippen molar-refractivity contribution in [2.24, 2.45) is 0 Å². The second-order valence-electron chi connectivity index (χ2n) is 3.74. The maximum atomic E-state index is 5.60. The van der Waals surface area contributed by atoms with Gasteiger partial charge >= 0.3 is 0 Å². The van der Waals surface area contributed by atoms with Crippen LogP contribution < -0.4 is 5.32 Å². The predicted octanol–water partition coefficient (Wildman–Crippen LogP) is 2.40. The molecular formula is C12H16N2O2. The number of nitrogens with one attached hydrogen (secondary N) is 1. The summed E-state index contributed by atoms with van der Waals surface area (Å²) in [5, 5.41) is 3.09. The Morgan fingerprint density at radius 1 is 1.25 bits per heavy atom. The van der Waals surface area contributed by atoms with Crippen LogP contribution in [0.15, 0.2) is 27.2 Å². The number of oxazole rings is 1. The van der Waals surface area contributed by atoms with Gasteiger partial charge in [0.05, 0.1) is 6.20 Å². The first-order chi connectivity index (χ1) is 7.79. The van der Waals surface area contributed by atoms with E-state index >= 15 is 0 Å². The highest BCUT2D eigenvalue weighted by Gasteiger charge is 2.09. The van der Waals surface area contributed by atoms with Crippen LogP contribution in [-0.2, 0) is 6.42 Å². The van der Waals surface area contributed by atoms with E-state index in [9.17, 15) is 0 Å². The van der Waals surface area contributed by atoms with Crippen molar-refractivity contribution in [1.82, 2.24) is 10.3 Å². The van der Waals surface area contributed by atoms with E-state index in [4.69, 9.17) is 8.83 Å². The number of furan rings is 1. The van der Waals surface area contributed by atoms with Crippen LogP contribution in [0, 0.1) is 6.92 Å². The Morgan fingerprint density at radius 2 is 2.12 bits per heavy atom. The number of hydrogen-bond donors (Lipinski definition) is 1. The van der Waals surface area contributed by atoms with Gasteiger partial charge in [-0.25, -0.2) is 4.98 Å². The molecule has 0 amide bonds. The smallest absolute Gasteiger partial charge is 0.195 e. The molecule has 0 spiro atoms. The highest BCUT2D eigenvalue weighted by Crippen LogP contribution is 2.22. The molecule has 0 aliphatic rings. The zero-order chi connectivity index (χ0) is 11.4. The number of aromatic nitrogens is 1. The molecule has 2 aromatic rings. The molecule has 0 atom stereocenters. The Bertz CT molecular complexity index is 445. The Labute approximate surface area is 94.7 Å². The van der Waals surface area contributed by atoms with Crippen molar-refractivity contribution in [3.8, 4) is 11.5 Å². The van der Waals surface area contributed by atoms with Gasteiger partial charge in [0.2, 0.25) is 0 Å². The summed E-state index contributed by atoms with van der Waals surface area (Å²) < 4.78 is 11.1. The topological polar surface area (TPSA) is 51.2 Å². The van der Waals surface area contributed by atoms with E-state index in [1.807, 2.05) is 26.1 Å². The minimum atomic E-state index is 0.701. The molecule has 0 aliphatic heterocycles. The van der Waals surface area contributed by atoms with Gasteiger partial charge in [-0.2, -0.15) is 0 Å². The fraction of sp³-hybridized carbons (Fsp3) is 0.417. The van der Waals surface area contributed by atoms with Crippen molar-refractivity contribution in [3.63, 3.8) is 0 Å². The minimum Gasteiger partial charge on any atom is -0.458 e. The maximum absolute atomic E-state index is 5.60. The van der Waals surface area contributed by atoms with Crippen LogP contribution in [0.2, 0.25) is 0 Å². The van der Waals surface area contributed by atoms with Crippen LogP contribution >= 0.6 is 0 Å². The Balaban J connectivity index is 2.02. The first-order valence-electron chi connectivity index (χ1n) is 5.45. The number of nitrogens with zero attached hydrogens (tertiary/aromatic N) is 1. The first-order valence-corrected chi connectivity index (χ1v) is 5.45. The summed E-state index contributed by atoms with van der Waals surface area (Å²) in [6.07, 6.45) is 3.58. The molecule has 2 aromatic heterocycles. The molecule has 4 nitrogen and oxygen atoms in total. The molecule has 0 saturated heterocycles. The van der Waals surface area contributed by atoms with Crippen molar-refractivity contribution in [1.29, 1.82) is 0 Å². The van der Waals surface area contributed by atoms with Gasteiger partial charge in [-0.05, 0) is 39.1 Å². The second kappa shape index (κ2) is 4.99. The zero-order valence-corrected chi connectivity index (χ0v) is 9.62. The van der Waals surface area contributed by atoms with Gasteiger partial charge < -0.3 is 14.2 Å². The highest BCUT2D eigenvalue weighted by atomic mass is 16.4. The van der Waals surface area contributed by atoms with E-state index < -0.39 is 0 Å². The summed E-state index contributed by atoms with van der Waals surface area (Å²) in [7, 11) is 1.94. The van der Waals surface area contributed by atoms with E-state index in [0.717, 1.165) is 36.8 Å². The summed E-state index contributed by atoms with van der Waals surface area (Å²) in [5.74, 6) is 3.08. The van der Waals surface area contributed by atoms with Crippen LogP contribution in [0.25, 0.3) is 11.5 Å². The Kier molecular flexibility index (Phi) is 3.41. The third-order valence-electron chi connectivity index (χ3n) is 2.35. The highest BCUT2D eigenvalue weighted by molar-refractivity contribution is 5.48. The number of aryl methyl sites for hydroxylation is 2. The van der Waals surface area contributed by atoms with Crippen molar-refractivity contribution in [2.75, 3.05) is 13.6 Å². The van der Waals surface area contributed by atoms with Gasteiger partial charge in [0.25, 0.3) is 0 Å². The molecule has 2 heterocycles. The van der Waals surface area contributed by atoms with Crippen molar-refractivity contribution in [2.45, 2.75) is 19.8 Å². The maximum Gasteiger partial charge on any atom is 0.195 e.